The number of ether oxygens (including phenoxy) is 2. The number of carboxylic acids is 1. The van der Waals surface area contributed by atoms with Crippen LogP contribution in [0.25, 0.3) is 11.1 Å². The second-order valence-electron chi connectivity index (χ2n) is 7.51. The molecule has 2 heterocycles. The van der Waals surface area contributed by atoms with E-state index >= 15 is 0 Å². The van der Waals surface area contributed by atoms with Gasteiger partial charge in [0.2, 0.25) is 0 Å². The van der Waals surface area contributed by atoms with Crippen molar-refractivity contribution in [3.63, 3.8) is 0 Å². The Labute approximate surface area is 180 Å². The molecule has 1 saturated heterocycles. The Morgan fingerprint density at radius 1 is 1.23 bits per heavy atom. The van der Waals surface area contributed by atoms with Crippen molar-refractivity contribution in [2.24, 2.45) is 0 Å². The molecule has 1 aromatic heterocycles. The molecule has 31 heavy (non-hydrogen) atoms. The van der Waals surface area contributed by atoms with Gasteiger partial charge in [-0.3, -0.25) is 0 Å². The summed E-state index contributed by atoms with van der Waals surface area (Å²) in [5, 5.41) is 12.7. The van der Waals surface area contributed by atoms with Gasteiger partial charge in [-0.1, -0.05) is 6.07 Å². The molecule has 0 unspecified atom stereocenters. The van der Waals surface area contributed by atoms with Gasteiger partial charge in [0.05, 0.1) is 19.3 Å². The van der Waals surface area contributed by atoms with Gasteiger partial charge in [-0.2, -0.15) is 4.98 Å². The summed E-state index contributed by atoms with van der Waals surface area (Å²) in [5.41, 5.74) is 2.35. The lowest BCUT2D eigenvalue weighted by Crippen LogP contribution is -2.43. The molecule has 1 aliphatic heterocycles. The molecule has 1 fully saturated rings. The van der Waals surface area contributed by atoms with Gasteiger partial charge < -0.3 is 29.2 Å². The quantitative estimate of drug-likeness (QED) is 0.564. The fourth-order valence-corrected chi connectivity index (χ4v) is 3.92. The smallest absolute Gasteiger partial charge is 0.335 e. The lowest BCUT2D eigenvalue weighted by Gasteiger charge is -2.33. The van der Waals surface area contributed by atoms with Gasteiger partial charge in [-0.25, -0.2) is 4.79 Å². The number of carboxylic acid groups (broad SMARTS) is 1. The maximum Gasteiger partial charge on any atom is 0.335 e. The summed E-state index contributed by atoms with van der Waals surface area (Å²) in [6, 6.07) is 11.4. The number of rotatable bonds is 8. The van der Waals surface area contributed by atoms with E-state index in [0.717, 1.165) is 31.5 Å². The first kappa shape index (κ1) is 21.0. The third-order valence-electron chi connectivity index (χ3n) is 5.50. The summed E-state index contributed by atoms with van der Waals surface area (Å²) < 4.78 is 17.2. The van der Waals surface area contributed by atoms with E-state index in [4.69, 9.17) is 13.9 Å². The van der Waals surface area contributed by atoms with Crippen LogP contribution in [-0.2, 0) is 6.54 Å². The van der Waals surface area contributed by atoms with Gasteiger partial charge in [0.1, 0.15) is 5.52 Å². The van der Waals surface area contributed by atoms with Crippen molar-refractivity contribution in [1.29, 1.82) is 0 Å². The number of benzene rings is 2. The SMILES string of the molecule is CCOc1cc(CN(c2nc3ccc(C(=O)O)cc3o2)C2CCNCC2)ccc1OC. The van der Waals surface area contributed by atoms with Crippen LogP contribution in [0.2, 0.25) is 0 Å². The number of piperidine rings is 1. The van der Waals surface area contributed by atoms with E-state index in [9.17, 15) is 9.90 Å². The number of nitrogens with one attached hydrogen (secondary N) is 1. The minimum absolute atomic E-state index is 0.181. The molecule has 0 bridgehead atoms. The molecule has 2 aromatic carbocycles. The average Bonchev–Trinajstić information content (AvgIpc) is 3.21. The topological polar surface area (TPSA) is 97.1 Å². The molecule has 164 valence electrons. The molecule has 3 aromatic rings. The Bertz CT molecular complexity index is 1060. The molecule has 0 atom stereocenters. The highest BCUT2D eigenvalue weighted by molar-refractivity contribution is 5.92. The van der Waals surface area contributed by atoms with Crippen molar-refractivity contribution in [3.8, 4) is 11.5 Å². The highest BCUT2D eigenvalue weighted by Crippen LogP contribution is 2.32. The minimum Gasteiger partial charge on any atom is -0.493 e. The number of aromatic nitrogens is 1. The monoisotopic (exact) mass is 425 g/mol. The lowest BCUT2D eigenvalue weighted by atomic mass is 10.0. The second kappa shape index (κ2) is 9.26. The molecule has 8 heteroatoms. The van der Waals surface area contributed by atoms with Gasteiger partial charge in [-0.15, -0.1) is 0 Å². The first-order valence-electron chi connectivity index (χ1n) is 10.5. The van der Waals surface area contributed by atoms with E-state index in [0.29, 0.717) is 41.8 Å². The number of hydrogen-bond acceptors (Lipinski definition) is 7. The molecule has 8 nitrogen and oxygen atoms in total. The minimum atomic E-state index is -0.989. The normalized spacial score (nSPS) is 14.5. The number of methoxy groups -OCH3 is 1. The van der Waals surface area contributed by atoms with Crippen LogP contribution in [0.5, 0.6) is 11.5 Å². The summed E-state index contributed by atoms with van der Waals surface area (Å²) in [4.78, 5) is 18.1. The van der Waals surface area contributed by atoms with Crippen LogP contribution >= 0.6 is 0 Å². The molecule has 0 saturated carbocycles. The molecule has 4 rings (SSSR count). The molecule has 0 radical (unpaired) electrons. The number of nitrogens with zero attached hydrogens (tertiary/aromatic N) is 2. The number of hydrogen-bond donors (Lipinski definition) is 2. The van der Waals surface area contributed by atoms with E-state index in [2.05, 4.69) is 15.2 Å². The van der Waals surface area contributed by atoms with E-state index < -0.39 is 5.97 Å². The zero-order valence-corrected chi connectivity index (χ0v) is 17.8. The zero-order chi connectivity index (χ0) is 21.8. The molecular weight excluding hydrogens is 398 g/mol. The van der Waals surface area contributed by atoms with Crippen molar-refractivity contribution in [2.45, 2.75) is 32.4 Å². The van der Waals surface area contributed by atoms with Crippen LogP contribution in [-0.4, -0.2) is 48.9 Å². The third-order valence-corrected chi connectivity index (χ3v) is 5.50. The predicted molar refractivity (Wildman–Crippen MR) is 117 cm³/mol. The Morgan fingerprint density at radius 3 is 2.74 bits per heavy atom. The lowest BCUT2D eigenvalue weighted by molar-refractivity contribution is 0.0697. The van der Waals surface area contributed by atoms with Crippen LogP contribution < -0.4 is 19.7 Å². The summed E-state index contributed by atoms with van der Waals surface area (Å²) in [6.45, 7) is 4.94. The van der Waals surface area contributed by atoms with Crippen molar-refractivity contribution in [1.82, 2.24) is 10.3 Å². The molecule has 0 amide bonds. The van der Waals surface area contributed by atoms with Gasteiger partial charge in [-0.05, 0) is 68.8 Å². The van der Waals surface area contributed by atoms with Gasteiger partial charge >= 0.3 is 5.97 Å². The molecule has 1 aliphatic rings. The number of oxazole rings is 1. The second-order valence-corrected chi connectivity index (χ2v) is 7.51. The largest absolute Gasteiger partial charge is 0.493 e. The summed E-state index contributed by atoms with van der Waals surface area (Å²) in [5.74, 6) is 0.412. The Hall–Kier alpha value is -3.26. The first-order valence-corrected chi connectivity index (χ1v) is 10.5. The van der Waals surface area contributed by atoms with Crippen LogP contribution in [0.3, 0.4) is 0 Å². The number of carbonyl (C=O) groups is 1. The highest BCUT2D eigenvalue weighted by atomic mass is 16.5. The van der Waals surface area contributed by atoms with Crippen LogP contribution in [0.15, 0.2) is 40.8 Å². The van der Waals surface area contributed by atoms with E-state index in [1.807, 2.05) is 25.1 Å². The fourth-order valence-electron chi connectivity index (χ4n) is 3.92. The Balaban J connectivity index is 1.69. The van der Waals surface area contributed by atoms with Crippen molar-refractivity contribution in [3.05, 3.63) is 47.5 Å². The molecule has 0 aliphatic carbocycles. The van der Waals surface area contributed by atoms with Crippen LogP contribution in [0, 0.1) is 0 Å². The van der Waals surface area contributed by atoms with Gasteiger partial charge in [0.25, 0.3) is 6.01 Å². The molecular formula is C23H27N3O5. The number of aromatic carboxylic acids is 1. The summed E-state index contributed by atoms with van der Waals surface area (Å²) in [7, 11) is 1.63. The predicted octanol–water partition coefficient (Wildman–Crippen LogP) is 3.69. The summed E-state index contributed by atoms with van der Waals surface area (Å²) in [6.07, 6.45) is 1.93. The number of anilines is 1. The third kappa shape index (κ3) is 4.59. The Morgan fingerprint density at radius 2 is 2.03 bits per heavy atom. The maximum absolute atomic E-state index is 11.3. The van der Waals surface area contributed by atoms with E-state index in [1.165, 1.54) is 6.07 Å². The highest BCUT2D eigenvalue weighted by Gasteiger charge is 2.26. The van der Waals surface area contributed by atoms with E-state index in [1.54, 1.807) is 19.2 Å². The summed E-state index contributed by atoms with van der Waals surface area (Å²) >= 11 is 0. The van der Waals surface area contributed by atoms with Crippen molar-refractivity contribution < 1.29 is 23.8 Å². The zero-order valence-electron chi connectivity index (χ0n) is 17.8. The first-order chi connectivity index (χ1) is 15.1. The molecule has 2 N–H and O–H groups in total. The molecule has 0 spiro atoms. The van der Waals surface area contributed by atoms with Crippen LogP contribution in [0.4, 0.5) is 6.01 Å². The Kier molecular flexibility index (Phi) is 6.27. The van der Waals surface area contributed by atoms with Crippen LogP contribution in [0.1, 0.15) is 35.7 Å². The van der Waals surface area contributed by atoms with Gasteiger partial charge in [0, 0.05) is 12.6 Å². The standard InChI is InChI=1S/C23H27N3O5/c1-3-30-21-12-15(4-7-19(21)29-2)14-26(17-8-10-24-11-9-17)23-25-18-6-5-16(22(27)28)13-20(18)31-23/h4-7,12-13,17,24H,3,8-11,14H2,1-2H3,(H,27,28). The van der Waals surface area contributed by atoms with Gasteiger partial charge in [0.15, 0.2) is 17.1 Å². The average molecular weight is 425 g/mol. The fraction of sp³-hybridized carbons (Fsp3) is 0.391. The number of fused-ring (bicyclic) bond motifs is 1. The van der Waals surface area contributed by atoms with Crippen molar-refractivity contribution >= 4 is 23.1 Å². The maximum atomic E-state index is 11.3. The van der Waals surface area contributed by atoms with Crippen molar-refractivity contribution in [2.75, 3.05) is 31.7 Å². The van der Waals surface area contributed by atoms with E-state index in [-0.39, 0.29) is 11.6 Å².